The van der Waals surface area contributed by atoms with Gasteiger partial charge >= 0.3 is 0 Å². The van der Waals surface area contributed by atoms with Gasteiger partial charge in [-0.05, 0) is 61.2 Å². The first-order chi connectivity index (χ1) is 9.40. The molecule has 2 heterocycles. The van der Waals surface area contributed by atoms with E-state index in [1.807, 2.05) is 0 Å². The Morgan fingerprint density at radius 3 is 2.55 bits per heavy atom. The fraction of sp³-hybridized carbons (Fsp3) is 0.818. The molecule has 0 amide bonds. The molecule has 114 valence electrons. The fourth-order valence-electron chi connectivity index (χ4n) is 2.42. The molecule has 20 heavy (non-hydrogen) atoms. The summed E-state index contributed by atoms with van der Waals surface area (Å²) in [7, 11) is 0.117. The Morgan fingerprint density at radius 2 is 2.00 bits per heavy atom. The molecule has 0 unspecified atom stereocenters. The number of nitrogens with zero attached hydrogens (tertiary/aromatic N) is 4. The minimum absolute atomic E-state index is 0.0703. The summed E-state index contributed by atoms with van der Waals surface area (Å²) in [5.41, 5.74) is 0. The van der Waals surface area contributed by atoms with Crippen molar-refractivity contribution in [1.82, 2.24) is 24.6 Å². The lowest BCUT2D eigenvalue weighted by molar-refractivity contribution is 0.213. The van der Waals surface area contributed by atoms with Crippen molar-refractivity contribution in [2.45, 2.75) is 24.3 Å². The summed E-state index contributed by atoms with van der Waals surface area (Å²) in [6.07, 6.45) is 3.14. The zero-order chi connectivity index (χ0) is 14.8. The molecule has 1 aliphatic rings. The van der Waals surface area contributed by atoms with Crippen LogP contribution >= 0.6 is 15.9 Å². The van der Waals surface area contributed by atoms with Gasteiger partial charge < -0.3 is 4.90 Å². The van der Waals surface area contributed by atoms with E-state index in [1.165, 1.54) is 4.68 Å². The Labute approximate surface area is 127 Å². The molecule has 0 spiro atoms. The maximum atomic E-state index is 12.2. The minimum atomic E-state index is -3.56. The maximum absolute atomic E-state index is 12.2. The number of rotatable bonds is 5. The van der Waals surface area contributed by atoms with Crippen LogP contribution in [0.3, 0.4) is 0 Å². The average Bonchev–Trinajstić information content (AvgIpc) is 2.72. The Morgan fingerprint density at radius 1 is 1.35 bits per heavy atom. The van der Waals surface area contributed by atoms with Crippen molar-refractivity contribution in [3.8, 4) is 0 Å². The van der Waals surface area contributed by atoms with Crippen LogP contribution in [0.2, 0.25) is 0 Å². The van der Waals surface area contributed by atoms with E-state index in [1.54, 1.807) is 7.05 Å². The SMILES string of the molecule is CN1CCC(CCNS(=O)(=O)c2c(Br)nnn2C)CC1. The Balaban J connectivity index is 1.87. The molecule has 0 aromatic carbocycles. The highest BCUT2D eigenvalue weighted by Crippen LogP contribution is 2.20. The lowest BCUT2D eigenvalue weighted by Gasteiger charge is -2.28. The molecule has 0 saturated carbocycles. The largest absolute Gasteiger partial charge is 0.306 e. The van der Waals surface area contributed by atoms with E-state index in [-0.39, 0.29) is 9.63 Å². The highest BCUT2D eigenvalue weighted by molar-refractivity contribution is 9.10. The van der Waals surface area contributed by atoms with E-state index in [2.05, 4.69) is 42.9 Å². The zero-order valence-corrected chi connectivity index (χ0v) is 14.1. The summed E-state index contributed by atoms with van der Waals surface area (Å²) in [4.78, 5) is 2.30. The monoisotopic (exact) mass is 365 g/mol. The molecule has 0 bridgehead atoms. The van der Waals surface area contributed by atoms with Crippen LogP contribution in [0.1, 0.15) is 19.3 Å². The summed E-state index contributed by atoms with van der Waals surface area (Å²) in [5, 5.41) is 7.45. The molecule has 2 rings (SSSR count). The maximum Gasteiger partial charge on any atom is 0.260 e. The number of halogens is 1. The molecule has 0 atom stereocenters. The van der Waals surface area contributed by atoms with E-state index in [9.17, 15) is 8.42 Å². The van der Waals surface area contributed by atoms with Gasteiger partial charge in [0, 0.05) is 13.6 Å². The summed E-state index contributed by atoms with van der Waals surface area (Å²) < 4.78 is 28.5. The predicted molar refractivity (Wildman–Crippen MR) is 78.7 cm³/mol. The number of hydrogen-bond donors (Lipinski definition) is 1. The van der Waals surface area contributed by atoms with Gasteiger partial charge in [0.1, 0.15) is 0 Å². The van der Waals surface area contributed by atoms with Crippen molar-refractivity contribution < 1.29 is 8.42 Å². The number of nitrogens with one attached hydrogen (secondary N) is 1. The van der Waals surface area contributed by atoms with Crippen LogP contribution < -0.4 is 4.72 Å². The normalized spacial score (nSPS) is 18.6. The van der Waals surface area contributed by atoms with Crippen LogP contribution in [-0.2, 0) is 17.1 Å². The van der Waals surface area contributed by atoms with Crippen molar-refractivity contribution in [3.63, 3.8) is 0 Å². The lowest BCUT2D eigenvalue weighted by Crippen LogP contribution is -2.33. The molecule has 1 saturated heterocycles. The summed E-state index contributed by atoms with van der Waals surface area (Å²) in [5.74, 6) is 0.599. The van der Waals surface area contributed by atoms with Gasteiger partial charge in [0.05, 0.1) is 0 Å². The second-order valence-electron chi connectivity index (χ2n) is 5.24. The average molecular weight is 366 g/mol. The number of piperidine rings is 1. The molecule has 1 N–H and O–H groups in total. The predicted octanol–water partition coefficient (Wildman–Crippen LogP) is 0.588. The molecule has 1 aromatic heterocycles. The second-order valence-corrected chi connectivity index (χ2v) is 7.68. The summed E-state index contributed by atoms with van der Waals surface area (Å²) in [6, 6.07) is 0. The molecule has 0 aliphatic carbocycles. The first-order valence-corrected chi connectivity index (χ1v) is 8.91. The van der Waals surface area contributed by atoms with Crippen LogP contribution in [0.5, 0.6) is 0 Å². The van der Waals surface area contributed by atoms with E-state index >= 15 is 0 Å². The molecular weight excluding hydrogens is 346 g/mol. The second kappa shape index (κ2) is 6.50. The van der Waals surface area contributed by atoms with Crippen LogP contribution in [0, 0.1) is 5.92 Å². The van der Waals surface area contributed by atoms with Gasteiger partial charge in [-0.15, -0.1) is 5.10 Å². The van der Waals surface area contributed by atoms with Crippen LogP contribution in [-0.4, -0.2) is 55.0 Å². The molecule has 1 fully saturated rings. The zero-order valence-electron chi connectivity index (χ0n) is 11.7. The standard InChI is InChI=1S/C11H20BrN5O2S/c1-16-7-4-9(5-8-16)3-6-13-20(18,19)11-10(12)14-15-17(11)2/h9,13H,3-8H2,1-2H3. The number of aromatic nitrogens is 3. The summed E-state index contributed by atoms with van der Waals surface area (Å²) >= 11 is 3.11. The van der Waals surface area contributed by atoms with Crippen molar-refractivity contribution in [2.75, 3.05) is 26.7 Å². The fourth-order valence-corrected chi connectivity index (χ4v) is 4.56. The van der Waals surface area contributed by atoms with E-state index in [4.69, 9.17) is 0 Å². The van der Waals surface area contributed by atoms with Crippen molar-refractivity contribution >= 4 is 26.0 Å². The highest BCUT2D eigenvalue weighted by atomic mass is 79.9. The summed E-state index contributed by atoms with van der Waals surface area (Å²) in [6.45, 7) is 2.64. The molecule has 1 aromatic rings. The van der Waals surface area contributed by atoms with E-state index in [0.717, 1.165) is 32.4 Å². The number of aryl methyl sites for hydroxylation is 1. The topological polar surface area (TPSA) is 80.1 Å². The van der Waals surface area contributed by atoms with Gasteiger partial charge in [0.15, 0.2) is 4.60 Å². The molecule has 1 aliphatic heterocycles. The molecule has 0 radical (unpaired) electrons. The minimum Gasteiger partial charge on any atom is -0.306 e. The van der Waals surface area contributed by atoms with Gasteiger partial charge in [-0.1, -0.05) is 5.21 Å². The van der Waals surface area contributed by atoms with Crippen molar-refractivity contribution in [1.29, 1.82) is 0 Å². The number of sulfonamides is 1. The third-order valence-electron chi connectivity index (χ3n) is 3.67. The molecule has 7 nitrogen and oxygen atoms in total. The number of hydrogen-bond acceptors (Lipinski definition) is 5. The Kier molecular flexibility index (Phi) is 5.16. The molecular formula is C11H20BrN5O2S. The van der Waals surface area contributed by atoms with Crippen molar-refractivity contribution in [2.24, 2.45) is 13.0 Å². The highest BCUT2D eigenvalue weighted by Gasteiger charge is 2.24. The third-order valence-corrected chi connectivity index (χ3v) is 6.02. The Bertz CT molecular complexity index is 532. The van der Waals surface area contributed by atoms with Crippen LogP contribution in [0.4, 0.5) is 0 Å². The smallest absolute Gasteiger partial charge is 0.260 e. The van der Waals surface area contributed by atoms with Crippen molar-refractivity contribution in [3.05, 3.63) is 4.60 Å². The van der Waals surface area contributed by atoms with Gasteiger partial charge in [-0.25, -0.2) is 17.8 Å². The van der Waals surface area contributed by atoms with Gasteiger partial charge in [0.2, 0.25) is 5.03 Å². The van der Waals surface area contributed by atoms with Crippen LogP contribution in [0.25, 0.3) is 0 Å². The van der Waals surface area contributed by atoms with Crippen LogP contribution in [0.15, 0.2) is 9.63 Å². The lowest BCUT2D eigenvalue weighted by atomic mass is 9.94. The number of likely N-dealkylation sites (tertiary alicyclic amines) is 1. The Hall–Kier alpha value is -0.510. The van der Waals surface area contributed by atoms with E-state index in [0.29, 0.717) is 12.5 Å². The van der Waals surface area contributed by atoms with Gasteiger partial charge in [-0.2, -0.15) is 0 Å². The molecule has 9 heteroatoms. The third kappa shape index (κ3) is 3.78. The first kappa shape index (κ1) is 15.9. The van der Waals surface area contributed by atoms with Gasteiger partial charge in [-0.3, -0.25) is 0 Å². The van der Waals surface area contributed by atoms with Gasteiger partial charge in [0.25, 0.3) is 10.0 Å². The first-order valence-electron chi connectivity index (χ1n) is 6.63. The van der Waals surface area contributed by atoms with E-state index < -0.39 is 10.0 Å². The quantitative estimate of drug-likeness (QED) is 0.825.